The Labute approximate surface area is 59.0 Å². The molecule has 3 heteroatoms. The third-order valence-electron chi connectivity index (χ3n) is 0.850. The molecule has 0 bridgehead atoms. The minimum Gasteiger partial charge on any atom is -0.346 e. The predicted octanol–water partition coefficient (Wildman–Crippen LogP) is 1.02. The van der Waals surface area contributed by atoms with Crippen molar-refractivity contribution in [2.45, 2.75) is 0 Å². The van der Waals surface area contributed by atoms with E-state index in [9.17, 15) is 0 Å². The Bertz CT molecular complexity index is 191. The number of nitrogens with zero attached hydrogens (tertiary/aromatic N) is 1. The molecular formula is C6H6N2S. The zero-order valence-corrected chi connectivity index (χ0v) is 5.56. The summed E-state index contributed by atoms with van der Waals surface area (Å²) < 4.78 is 0. The SMILES string of the molecule is S=CC1=NC=CC=CN1. The highest BCUT2D eigenvalue weighted by molar-refractivity contribution is 7.80. The summed E-state index contributed by atoms with van der Waals surface area (Å²) in [5, 5.41) is 4.38. The van der Waals surface area contributed by atoms with E-state index in [0.717, 1.165) is 0 Å². The molecule has 0 unspecified atom stereocenters. The van der Waals surface area contributed by atoms with Crippen LogP contribution in [0.25, 0.3) is 0 Å². The molecule has 1 rings (SSSR count). The van der Waals surface area contributed by atoms with Crippen molar-refractivity contribution >= 4 is 23.4 Å². The van der Waals surface area contributed by atoms with Gasteiger partial charge in [-0.15, -0.1) is 0 Å². The smallest absolute Gasteiger partial charge is 0.140 e. The lowest BCUT2D eigenvalue weighted by molar-refractivity contribution is 1.30. The van der Waals surface area contributed by atoms with Crippen molar-refractivity contribution in [1.82, 2.24) is 5.32 Å². The van der Waals surface area contributed by atoms with Gasteiger partial charge in [-0.3, -0.25) is 0 Å². The number of hydrogen-bond donors (Lipinski definition) is 1. The van der Waals surface area contributed by atoms with Crippen molar-refractivity contribution < 1.29 is 0 Å². The molecular weight excluding hydrogens is 132 g/mol. The minimum atomic E-state index is 0.704. The largest absolute Gasteiger partial charge is 0.346 e. The van der Waals surface area contributed by atoms with E-state index in [1.807, 2.05) is 12.2 Å². The van der Waals surface area contributed by atoms with Crippen LogP contribution < -0.4 is 5.32 Å². The van der Waals surface area contributed by atoms with E-state index in [2.05, 4.69) is 22.5 Å². The van der Waals surface area contributed by atoms with E-state index >= 15 is 0 Å². The second kappa shape index (κ2) is 3.14. The first-order valence-electron chi connectivity index (χ1n) is 2.54. The molecule has 0 amide bonds. The molecule has 1 N–H and O–H groups in total. The molecule has 0 saturated heterocycles. The summed E-state index contributed by atoms with van der Waals surface area (Å²) in [5.41, 5.74) is 0. The van der Waals surface area contributed by atoms with Crippen LogP contribution in [-0.2, 0) is 0 Å². The second-order valence-corrected chi connectivity index (χ2v) is 1.71. The maximum atomic E-state index is 4.65. The van der Waals surface area contributed by atoms with Gasteiger partial charge in [0.05, 0.1) is 0 Å². The number of thiocarbonyl (C=S) groups is 1. The van der Waals surface area contributed by atoms with Gasteiger partial charge in [-0.25, -0.2) is 4.99 Å². The molecule has 0 aromatic carbocycles. The van der Waals surface area contributed by atoms with Crippen LogP contribution in [0.5, 0.6) is 0 Å². The fourth-order valence-electron chi connectivity index (χ4n) is 0.464. The van der Waals surface area contributed by atoms with Gasteiger partial charge in [0.1, 0.15) is 5.84 Å². The van der Waals surface area contributed by atoms with Gasteiger partial charge in [0.15, 0.2) is 0 Å². The van der Waals surface area contributed by atoms with E-state index < -0.39 is 0 Å². The molecule has 0 saturated carbocycles. The zero-order valence-electron chi connectivity index (χ0n) is 4.74. The highest BCUT2D eigenvalue weighted by Crippen LogP contribution is 1.83. The molecule has 46 valence electrons. The Kier molecular flexibility index (Phi) is 2.15. The maximum absolute atomic E-state index is 4.65. The predicted molar refractivity (Wildman–Crippen MR) is 42.5 cm³/mol. The molecule has 9 heavy (non-hydrogen) atoms. The molecule has 0 spiro atoms. The minimum absolute atomic E-state index is 0.704. The summed E-state index contributed by atoms with van der Waals surface area (Å²) in [6.07, 6.45) is 7.16. The summed E-state index contributed by atoms with van der Waals surface area (Å²) in [4.78, 5) is 3.94. The quantitative estimate of drug-likeness (QED) is 0.547. The third-order valence-corrected chi connectivity index (χ3v) is 1.07. The molecule has 1 aliphatic heterocycles. The first kappa shape index (κ1) is 6.16. The van der Waals surface area contributed by atoms with Crippen LogP contribution in [0.3, 0.4) is 0 Å². The van der Waals surface area contributed by atoms with Crippen LogP contribution in [0.4, 0.5) is 0 Å². The van der Waals surface area contributed by atoms with Gasteiger partial charge in [-0.1, -0.05) is 12.2 Å². The van der Waals surface area contributed by atoms with Crippen LogP contribution in [0.2, 0.25) is 0 Å². The van der Waals surface area contributed by atoms with E-state index in [0.29, 0.717) is 5.84 Å². The van der Waals surface area contributed by atoms with E-state index in [4.69, 9.17) is 0 Å². The van der Waals surface area contributed by atoms with Gasteiger partial charge < -0.3 is 5.32 Å². The normalized spacial score (nSPS) is 15.8. The summed E-state index contributed by atoms with van der Waals surface area (Å²) in [7, 11) is 0. The number of hydrogen-bond acceptors (Lipinski definition) is 3. The van der Waals surface area contributed by atoms with Gasteiger partial charge in [0.2, 0.25) is 0 Å². The fraction of sp³-hybridized carbons (Fsp3) is 0. The Morgan fingerprint density at radius 3 is 3.22 bits per heavy atom. The number of rotatable bonds is 1. The van der Waals surface area contributed by atoms with Crippen molar-refractivity contribution in [3.05, 3.63) is 24.6 Å². The monoisotopic (exact) mass is 138 g/mol. The Morgan fingerprint density at radius 2 is 2.44 bits per heavy atom. The maximum Gasteiger partial charge on any atom is 0.140 e. The Balaban J connectivity index is 2.73. The van der Waals surface area contributed by atoms with Crippen LogP contribution in [0, 0.1) is 0 Å². The molecule has 2 nitrogen and oxygen atoms in total. The lowest BCUT2D eigenvalue weighted by Crippen LogP contribution is -2.16. The number of aliphatic imine (C=N–C) groups is 1. The van der Waals surface area contributed by atoms with E-state index in [1.165, 1.54) is 5.37 Å². The highest BCUT2D eigenvalue weighted by Gasteiger charge is 1.86. The van der Waals surface area contributed by atoms with Crippen LogP contribution in [-0.4, -0.2) is 11.2 Å². The lowest BCUT2D eigenvalue weighted by Gasteiger charge is -1.92. The number of nitrogens with one attached hydrogen (secondary N) is 1. The molecule has 0 radical (unpaired) electrons. The topological polar surface area (TPSA) is 24.4 Å². The van der Waals surface area contributed by atoms with Gasteiger partial charge in [0, 0.05) is 17.8 Å². The van der Waals surface area contributed by atoms with Gasteiger partial charge in [-0.05, 0) is 12.2 Å². The lowest BCUT2D eigenvalue weighted by atomic mass is 10.6. The average Bonchev–Trinajstić information content (AvgIpc) is 2.13. The van der Waals surface area contributed by atoms with Crippen LogP contribution in [0.15, 0.2) is 29.5 Å². The van der Waals surface area contributed by atoms with Crippen LogP contribution >= 0.6 is 12.2 Å². The summed E-state index contributed by atoms with van der Waals surface area (Å²) in [6, 6.07) is 0. The Morgan fingerprint density at radius 1 is 1.56 bits per heavy atom. The number of amidine groups is 1. The van der Waals surface area contributed by atoms with Crippen molar-refractivity contribution in [2.75, 3.05) is 0 Å². The molecule has 0 fully saturated rings. The average molecular weight is 138 g/mol. The van der Waals surface area contributed by atoms with Crippen molar-refractivity contribution in [1.29, 1.82) is 0 Å². The fourth-order valence-corrected chi connectivity index (χ4v) is 0.593. The molecule has 1 heterocycles. The van der Waals surface area contributed by atoms with Crippen molar-refractivity contribution in [3.8, 4) is 0 Å². The summed E-state index contributed by atoms with van der Waals surface area (Å²) in [5.74, 6) is 0.704. The van der Waals surface area contributed by atoms with Gasteiger partial charge in [0.25, 0.3) is 0 Å². The summed E-state index contributed by atoms with van der Waals surface area (Å²) in [6.45, 7) is 0. The zero-order chi connectivity index (χ0) is 6.53. The van der Waals surface area contributed by atoms with E-state index in [1.54, 1.807) is 12.4 Å². The van der Waals surface area contributed by atoms with Crippen LogP contribution in [0.1, 0.15) is 0 Å². The first-order chi connectivity index (χ1) is 4.43. The number of allylic oxidation sites excluding steroid dienone is 2. The molecule has 0 atom stereocenters. The molecule has 0 aliphatic carbocycles. The van der Waals surface area contributed by atoms with Gasteiger partial charge >= 0.3 is 0 Å². The Hall–Kier alpha value is -0.960. The van der Waals surface area contributed by atoms with Gasteiger partial charge in [-0.2, -0.15) is 0 Å². The van der Waals surface area contributed by atoms with E-state index in [-0.39, 0.29) is 0 Å². The summed E-state index contributed by atoms with van der Waals surface area (Å²) >= 11 is 4.65. The second-order valence-electron chi connectivity index (χ2n) is 1.48. The molecule has 0 aromatic heterocycles. The van der Waals surface area contributed by atoms with Crippen molar-refractivity contribution in [2.24, 2.45) is 4.99 Å². The standard InChI is InChI=1S/C6H6N2S/c9-5-6-7-3-1-2-4-8-6/h1-5H,(H,7,8). The first-order valence-corrected chi connectivity index (χ1v) is 3.02. The van der Waals surface area contributed by atoms with Crippen molar-refractivity contribution in [3.63, 3.8) is 0 Å². The molecule has 1 aliphatic rings. The molecule has 0 aromatic rings. The highest BCUT2D eigenvalue weighted by atomic mass is 32.1. The third kappa shape index (κ3) is 1.77.